The highest BCUT2D eigenvalue weighted by Crippen LogP contribution is 2.42. The zero-order chi connectivity index (χ0) is 13.1. The Morgan fingerprint density at radius 1 is 0.789 bits per heavy atom. The average Bonchev–Trinajstić information content (AvgIpc) is 2.49. The second-order valence-electron chi connectivity index (χ2n) is 6.63. The predicted molar refractivity (Wildman–Crippen MR) is 78.0 cm³/mol. The van der Waals surface area contributed by atoms with Crippen molar-refractivity contribution in [2.75, 3.05) is 0 Å². The van der Waals surface area contributed by atoms with Crippen LogP contribution in [-0.2, 0) is 0 Å². The quantitative estimate of drug-likeness (QED) is 0.772. The number of hydrogen-bond acceptors (Lipinski definition) is 2. The van der Waals surface area contributed by atoms with Crippen molar-refractivity contribution in [3.05, 3.63) is 23.8 Å². The van der Waals surface area contributed by atoms with Crippen LogP contribution in [0.4, 0.5) is 0 Å². The van der Waals surface area contributed by atoms with Crippen molar-refractivity contribution in [2.24, 2.45) is 11.8 Å². The molecule has 2 aliphatic carbocycles. The molecule has 2 nitrogen and oxygen atoms in total. The van der Waals surface area contributed by atoms with Gasteiger partial charge in [0, 0.05) is 18.3 Å². The Balaban J connectivity index is 1.55. The van der Waals surface area contributed by atoms with E-state index in [2.05, 4.69) is 16.9 Å². The van der Waals surface area contributed by atoms with Crippen molar-refractivity contribution in [1.29, 1.82) is 0 Å². The standard InChI is InChI=1S/C17H26N2/c1-13-11-18-17(19-12-13)16-9-7-15(8-10-16)14-5-3-2-4-6-14/h11-12,14-16H,2-10H2,1H3. The van der Waals surface area contributed by atoms with Gasteiger partial charge in [0.05, 0.1) is 0 Å². The van der Waals surface area contributed by atoms with Gasteiger partial charge in [-0.1, -0.05) is 32.1 Å². The molecule has 2 fully saturated rings. The first-order valence-corrected chi connectivity index (χ1v) is 8.11. The maximum atomic E-state index is 4.53. The van der Waals surface area contributed by atoms with E-state index in [1.54, 1.807) is 0 Å². The van der Waals surface area contributed by atoms with E-state index in [4.69, 9.17) is 0 Å². The third kappa shape index (κ3) is 3.16. The lowest BCUT2D eigenvalue weighted by atomic mass is 9.71. The van der Waals surface area contributed by atoms with E-state index < -0.39 is 0 Å². The van der Waals surface area contributed by atoms with E-state index in [1.165, 1.54) is 63.4 Å². The monoisotopic (exact) mass is 258 g/mol. The van der Waals surface area contributed by atoms with Gasteiger partial charge in [-0.05, 0) is 50.0 Å². The van der Waals surface area contributed by atoms with Gasteiger partial charge in [-0.25, -0.2) is 9.97 Å². The van der Waals surface area contributed by atoms with E-state index in [9.17, 15) is 0 Å². The highest BCUT2D eigenvalue weighted by molar-refractivity contribution is 5.06. The number of aromatic nitrogens is 2. The molecule has 0 aromatic carbocycles. The maximum Gasteiger partial charge on any atom is 0.131 e. The Kier molecular flexibility index (Phi) is 4.15. The molecule has 0 spiro atoms. The summed E-state index contributed by atoms with van der Waals surface area (Å²) in [7, 11) is 0. The summed E-state index contributed by atoms with van der Waals surface area (Å²) in [5.41, 5.74) is 1.17. The van der Waals surface area contributed by atoms with Gasteiger partial charge in [0.25, 0.3) is 0 Å². The molecule has 0 bridgehead atoms. The second-order valence-corrected chi connectivity index (χ2v) is 6.63. The van der Waals surface area contributed by atoms with Gasteiger partial charge < -0.3 is 0 Å². The summed E-state index contributed by atoms with van der Waals surface area (Å²) in [6.07, 6.45) is 16.8. The molecule has 0 aliphatic heterocycles. The Bertz CT molecular complexity index is 384. The van der Waals surface area contributed by atoms with E-state index in [1.807, 2.05) is 12.4 Å². The zero-order valence-corrected chi connectivity index (χ0v) is 12.1. The molecule has 2 saturated carbocycles. The van der Waals surface area contributed by atoms with Gasteiger partial charge in [-0.15, -0.1) is 0 Å². The molecule has 0 atom stereocenters. The van der Waals surface area contributed by atoms with Crippen LogP contribution in [0.15, 0.2) is 12.4 Å². The van der Waals surface area contributed by atoms with E-state index in [-0.39, 0.29) is 0 Å². The molecule has 1 aromatic rings. The molecule has 3 rings (SSSR count). The average molecular weight is 258 g/mol. The van der Waals surface area contributed by atoms with Crippen molar-refractivity contribution in [3.63, 3.8) is 0 Å². The van der Waals surface area contributed by atoms with Crippen LogP contribution in [0.1, 0.15) is 75.1 Å². The summed E-state index contributed by atoms with van der Waals surface area (Å²) in [4.78, 5) is 9.06. The van der Waals surface area contributed by atoms with Crippen LogP contribution in [0.5, 0.6) is 0 Å². The van der Waals surface area contributed by atoms with Gasteiger partial charge in [-0.2, -0.15) is 0 Å². The SMILES string of the molecule is Cc1cnc(C2CCC(C3CCCCC3)CC2)nc1. The molecule has 0 N–H and O–H groups in total. The van der Waals surface area contributed by atoms with Crippen molar-refractivity contribution < 1.29 is 0 Å². The summed E-state index contributed by atoms with van der Waals surface area (Å²) < 4.78 is 0. The number of hydrogen-bond donors (Lipinski definition) is 0. The molecule has 19 heavy (non-hydrogen) atoms. The fourth-order valence-corrected chi connectivity index (χ4v) is 4.07. The molecule has 0 saturated heterocycles. The van der Waals surface area contributed by atoms with Gasteiger partial charge in [0.15, 0.2) is 0 Å². The van der Waals surface area contributed by atoms with Crippen molar-refractivity contribution >= 4 is 0 Å². The van der Waals surface area contributed by atoms with Gasteiger partial charge in [-0.3, -0.25) is 0 Å². The van der Waals surface area contributed by atoms with Crippen molar-refractivity contribution in [3.8, 4) is 0 Å². The minimum absolute atomic E-state index is 0.625. The first kappa shape index (κ1) is 13.1. The molecule has 0 radical (unpaired) electrons. The summed E-state index contributed by atoms with van der Waals surface area (Å²) in [5, 5.41) is 0. The minimum Gasteiger partial charge on any atom is -0.241 e. The van der Waals surface area contributed by atoms with Crippen LogP contribution in [-0.4, -0.2) is 9.97 Å². The fraction of sp³-hybridized carbons (Fsp3) is 0.765. The van der Waals surface area contributed by atoms with E-state index in [0.29, 0.717) is 5.92 Å². The molecule has 1 heterocycles. The molecule has 2 heteroatoms. The van der Waals surface area contributed by atoms with Crippen LogP contribution >= 0.6 is 0 Å². The third-order valence-corrected chi connectivity index (χ3v) is 5.25. The maximum absolute atomic E-state index is 4.53. The van der Waals surface area contributed by atoms with Gasteiger partial charge in [0.1, 0.15) is 5.82 Å². The van der Waals surface area contributed by atoms with Crippen LogP contribution in [0.2, 0.25) is 0 Å². The summed E-state index contributed by atoms with van der Waals surface area (Å²) >= 11 is 0. The molecule has 104 valence electrons. The summed E-state index contributed by atoms with van der Waals surface area (Å²) in [6, 6.07) is 0. The van der Waals surface area contributed by atoms with Gasteiger partial charge in [0.2, 0.25) is 0 Å². The lowest BCUT2D eigenvalue weighted by molar-refractivity contribution is 0.184. The minimum atomic E-state index is 0.625. The topological polar surface area (TPSA) is 25.8 Å². The molecule has 0 amide bonds. The van der Waals surface area contributed by atoms with E-state index in [0.717, 1.165) is 17.7 Å². The zero-order valence-electron chi connectivity index (χ0n) is 12.1. The summed E-state index contributed by atoms with van der Waals surface area (Å²) in [6.45, 7) is 2.06. The fourth-order valence-electron chi connectivity index (χ4n) is 4.07. The van der Waals surface area contributed by atoms with Crippen molar-refractivity contribution in [1.82, 2.24) is 9.97 Å². The predicted octanol–water partition coefficient (Wildman–Crippen LogP) is 4.64. The van der Waals surface area contributed by atoms with Crippen molar-refractivity contribution in [2.45, 2.75) is 70.6 Å². The molecular weight excluding hydrogens is 232 g/mol. The Labute approximate surface area is 117 Å². The van der Waals surface area contributed by atoms with Gasteiger partial charge >= 0.3 is 0 Å². The Hall–Kier alpha value is -0.920. The highest BCUT2D eigenvalue weighted by atomic mass is 14.9. The van der Waals surface area contributed by atoms with E-state index >= 15 is 0 Å². The lowest BCUT2D eigenvalue weighted by Gasteiger charge is -2.35. The number of rotatable bonds is 2. The molecular formula is C17H26N2. The second kappa shape index (κ2) is 6.02. The first-order chi connectivity index (χ1) is 9.33. The third-order valence-electron chi connectivity index (χ3n) is 5.25. The lowest BCUT2D eigenvalue weighted by Crippen LogP contribution is -2.23. The Morgan fingerprint density at radius 3 is 2.00 bits per heavy atom. The van der Waals surface area contributed by atoms with Crippen LogP contribution in [0, 0.1) is 18.8 Å². The van der Waals surface area contributed by atoms with Crippen LogP contribution in [0.3, 0.4) is 0 Å². The summed E-state index contributed by atoms with van der Waals surface area (Å²) in [5.74, 6) is 3.75. The molecule has 1 aromatic heterocycles. The van der Waals surface area contributed by atoms with Crippen LogP contribution in [0.25, 0.3) is 0 Å². The van der Waals surface area contributed by atoms with Crippen LogP contribution < -0.4 is 0 Å². The number of aryl methyl sites for hydroxylation is 1. The largest absolute Gasteiger partial charge is 0.241 e. The normalized spacial score (nSPS) is 29.3. The smallest absolute Gasteiger partial charge is 0.131 e. The molecule has 2 aliphatic rings. The first-order valence-electron chi connectivity index (χ1n) is 8.11. The highest BCUT2D eigenvalue weighted by Gasteiger charge is 2.29. The number of nitrogens with zero attached hydrogens (tertiary/aromatic N) is 2. The Morgan fingerprint density at radius 2 is 1.37 bits per heavy atom. The molecule has 0 unspecified atom stereocenters.